The van der Waals surface area contributed by atoms with Crippen molar-refractivity contribution in [2.24, 2.45) is 10.9 Å². The number of nitrogens with two attached hydrogens (primary N) is 1. The molecule has 0 aliphatic heterocycles. The first kappa shape index (κ1) is 14.8. The van der Waals surface area contributed by atoms with Gasteiger partial charge in [-0.05, 0) is 24.3 Å². The van der Waals surface area contributed by atoms with Crippen molar-refractivity contribution in [1.29, 1.82) is 0 Å². The van der Waals surface area contributed by atoms with Crippen LogP contribution in [0.25, 0.3) is 0 Å². The molecule has 2 aromatic carbocycles. The van der Waals surface area contributed by atoms with Crippen LogP contribution in [-0.2, 0) is 0 Å². The van der Waals surface area contributed by atoms with Gasteiger partial charge in [-0.3, -0.25) is 0 Å². The number of hydrogen-bond acceptors (Lipinski definition) is 4. The molecule has 7 heteroatoms. The first-order valence-electron chi connectivity index (χ1n) is 5.39. The van der Waals surface area contributed by atoms with Crippen molar-refractivity contribution in [2.45, 2.75) is 0 Å². The molecule has 0 fully saturated rings. The van der Waals surface area contributed by atoms with Crippen LogP contribution < -0.4 is 5.84 Å². The molecule has 0 unspecified atom stereocenters. The normalized spacial score (nSPS) is 11.7. The van der Waals surface area contributed by atoms with Crippen LogP contribution in [0.4, 0.5) is 0 Å². The minimum Gasteiger partial charge on any atom is -0.508 e. The molecule has 0 atom stereocenters. The number of benzene rings is 2. The van der Waals surface area contributed by atoms with E-state index in [0.29, 0.717) is 10.6 Å². The van der Waals surface area contributed by atoms with Crippen LogP contribution in [-0.4, -0.2) is 15.9 Å². The van der Waals surface area contributed by atoms with Crippen molar-refractivity contribution in [3.63, 3.8) is 0 Å². The summed E-state index contributed by atoms with van der Waals surface area (Å²) in [6, 6.07) is 6.99. The van der Waals surface area contributed by atoms with Crippen LogP contribution in [0.3, 0.4) is 0 Å². The molecule has 2 rings (SSSR count). The third-order valence-corrected chi connectivity index (χ3v) is 3.42. The predicted molar refractivity (Wildman–Crippen MR) is 81.1 cm³/mol. The van der Waals surface area contributed by atoms with E-state index >= 15 is 0 Å². The summed E-state index contributed by atoms with van der Waals surface area (Å²) < 4.78 is 0. The molecule has 0 aliphatic carbocycles. The third-order valence-electron chi connectivity index (χ3n) is 2.61. The van der Waals surface area contributed by atoms with Gasteiger partial charge in [0.1, 0.15) is 17.2 Å². The van der Waals surface area contributed by atoms with Crippen molar-refractivity contribution in [2.75, 3.05) is 0 Å². The van der Waals surface area contributed by atoms with Crippen LogP contribution in [0.1, 0.15) is 11.1 Å². The third kappa shape index (κ3) is 2.77. The van der Waals surface area contributed by atoms with Crippen LogP contribution >= 0.6 is 34.8 Å². The minimum atomic E-state index is -0.198. The second kappa shape index (κ2) is 5.79. The van der Waals surface area contributed by atoms with Crippen molar-refractivity contribution < 1.29 is 10.2 Å². The summed E-state index contributed by atoms with van der Waals surface area (Å²) in [4.78, 5) is 0. The summed E-state index contributed by atoms with van der Waals surface area (Å²) in [5.74, 6) is 5.10. The molecule has 0 saturated heterocycles. The van der Waals surface area contributed by atoms with E-state index in [1.54, 1.807) is 0 Å². The Bertz CT molecular complexity index is 679. The van der Waals surface area contributed by atoms with Gasteiger partial charge in [0, 0.05) is 22.2 Å². The smallest absolute Gasteiger partial charge is 0.128 e. The zero-order valence-corrected chi connectivity index (χ0v) is 12.2. The fraction of sp³-hybridized carbons (Fsp3) is 0. The van der Waals surface area contributed by atoms with E-state index in [0.717, 1.165) is 6.07 Å². The summed E-state index contributed by atoms with van der Waals surface area (Å²) in [7, 11) is 0. The van der Waals surface area contributed by atoms with E-state index in [2.05, 4.69) is 5.10 Å². The molecule has 4 N–H and O–H groups in total. The van der Waals surface area contributed by atoms with E-state index in [9.17, 15) is 10.2 Å². The number of nitrogens with zero attached hydrogens (tertiary/aromatic N) is 1. The Morgan fingerprint density at radius 1 is 1.00 bits per heavy atom. The second-order valence-corrected chi connectivity index (χ2v) is 5.17. The molecule has 2 aromatic rings. The Morgan fingerprint density at radius 2 is 1.60 bits per heavy atom. The minimum absolute atomic E-state index is 0.0871. The largest absolute Gasteiger partial charge is 0.508 e. The lowest BCUT2D eigenvalue weighted by molar-refractivity contribution is 0.450. The van der Waals surface area contributed by atoms with Crippen LogP contribution in [0.5, 0.6) is 11.5 Å². The lowest BCUT2D eigenvalue weighted by Crippen LogP contribution is -2.08. The van der Waals surface area contributed by atoms with Gasteiger partial charge >= 0.3 is 0 Å². The van der Waals surface area contributed by atoms with Gasteiger partial charge < -0.3 is 16.1 Å². The number of phenols is 2. The van der Waals surface area contributed by atoms with E-state index in [4.69, 9.17) is 40.6 Å². The number of phenolic OH excluding ortho intramolecular Hbond substituents is 2. The highest BCUT2D eigenvalue weighted by molar-refractivity contribution is 6.43. The fourth-order valence-electron chi connectivity index (χ4n) is 1.76. The van der Waals surface area contributed by atoms with Crippen LogP contribution in [0.2, 0.25) is 15.1 Å². The molecule has 0 saturated carbocycles. The first-order valence-corrected chi connectivity index (χ1v) is 6.52. The molecule has 0 aliphatic rings. The topological polar surface area (TPSA) is 78.8 Å². The molecular weight excluding hydrogens is 323 g/mol. The SMILES string of the molecule is N/N=C(\c1ccc(O)cc1O)c1c(Cl)cc(Cl)cc1Cl. The number of hydrogen-bond donors (Lipinski definition) is 3. The summed E-state index contributed by atoms with van der Waals surface area (Å²) >= 11 is 18.1. The summed E-state index contributed by atoms with van der Waals surface area (Å²) in [6.07, 6.45) is 0. The van der Waals surface area contributed by atoms with Gasteiger partial charge in [0.25, 0.3) is 0 Å². The molecule has 4 nitrogen and oxygen atoms in total. The van der Waals surface area contributed by atoms with Gasteiger partial charge in [-0.25, -0.2) is 0 Å². The van der Waals surface area contributed by atoms with Crippen LogP contribution in [0.15, 0.2) is 35.4 Å². The Morgan fingerprint density at radius 3 is 2.10 bits per heavy atom. The van der Waals surface area contributed by atoms with E-state index in [1.165, 1.54) is 24.3 Å². The predicted octanol–water partition coefficient (Wildman–Crippen LogP) is 3.77. The van der Waals surface area contributed by atoms with Gasteiger partial charge in [-0.1, -0.05) is 34.8 Å². The fourth-order valence-corrected chi connectivity index (χ4v) is 2.75. The standard InChI is InChI=1S/C13H9Cl3N2O2/c14-6-3-9(15)12(10(16)4-6)13(18-17)8-2-1-7(19)5-11(8)20/h1-5,19-20H,17H2/b18-13+. The highest BCUT2D eigenvalue weighted by atomic mass is 35.5. The number of aromatic hydroxyl groups is 2. The maximum Gasteiger partial charge on any atom is 0.128 e. The van der Waals surface area contributed by atoms with E-state index in [-0.39, 0.29) is 32.8 Å². The molecule has 104 valence electrons. The van der Waals surface area contributed by atoms with Gasteiger partial charge in [0.05, 0.1) is 10.0 Å². The molecular formula is C13H9Cl3N2O2. The number of hydrazone groups is 1. The number of rotatable bonds is 2. The van der Waals surface area contributed by atoms with Crippen molar-refractivity contribution in [1.82, 2.24) is 0 Å². The first-order chi connectivity index (χ1) is 9.43. The lowest BCUT2D eigenvalue weighted by Gasteiger charge is -2.12. The molecule has 20 heavy (non-hydrogen) atoms. The maximum atomic E-state index is 9.88. The summed E-state index contributed by atoms with van der Waals surface area (Å²) in [5, 5.41) is 23.7. The quantitative estimate of drug-likeness (QED) is 0.445. The van der Waals surface area contributed by atoms with Gasteiger partial charge in [0.15, 0.2) is 0 Å². The molecule has 0 amide bonds. The zero-order valence-electron chi connectivity index (χ0n) is 9.94. The lowest BCUT2D eigenvalue weighted by atomic mass is 10.0. The van der Waals surface area contributed by atoms with Crippen molar-refractivity contribution in [3.05, 3.63) is 56.5 Å². The highest BCUT2D eigenvalue weighted by Gasteiger charge is 2.19. The Kier molecular flexibility index (Phi) is 4.28. The highest BCUT2D eigenvalue weighted by Crippen LogP contribution is 2.33. The van der Waals surface area contributed by atoms with E-state index in [1.807, 2.05) is 0 Å². The average Bonchev–Trinajstić information content (AvgIpc) is 2.34. The van der Waals surface area contributed by atoms with Crippen molar-refractivity contribution >= 4 is 40.5 Å². The van der Waals surface area contributed by atoms with Crippen molar-refractivity contribution in [3.8, 4) is 11.5 Å². The molecule has 0 aromatic heterocycles. The Labute approximate surface area is 130 Å². The van der Waals surface area contributed by atoms with Gasteiger partial charge in [-0.15, -0.1) is 0 Å². The second-order valence-electron chi connectivity index (χ2n) is 3.92. The Hall–Kier alpha value is -1.62. The van der Waals surface area contributed by atoms with Gasteiger partial charge in [-0.2, -0.15) is 5.10 Å². The Balaban J connectivity index is 2.66. The van der Waals surface area contributed by atoms with E-state index < -0.39 is 0 Å². The monoisotopic (exact) mass is 330 g/mol. The molecule has 0 heterocycles. The van der Waals surface area contributed by atoms with Gasteiger partial charge in [0.2, 0.25) is 0 Å². The maximum absolute atomic E-state index is 9.88. The van der Waals surface area contributed by atoms with Crippen LogP contribution in [0, 0.1) is 0 Å². The molecule has 0 radical (unpaired) electrons. The molecule has 0 bridgehead atoms. The average molecular weight is 332 g/mol. The molecule has 0 spiro atoms. The summed E-state index contributed by atoms with van der Waals surface area (Å²) in [6.45, 7) is 0. The number of halogens is 3. The zero-order chi connectivity index (χ0) is 14.9. The summed E-state index contributed by atoms with van der Waals surface area (Å²) in [5.41, 5.74) is 0.826.